The number of carbonyl (C=O) groups excluding carboxylic acids is 2. The van der Waals surface area contributed by atoms with Crippen molar-refractivity contribution >= 4 is 52.4 Å². The summed E-state index contributed by atoms with van der Waals surface area (Å²) in [6, 6.07) is 8.97. The van der Waals surface area contributed by atoms with Crippen LogP contribution in [0.2, 0.25) is 10.0 Å². The van der Waals surface area contributed by atoms with E-state index in [0.717, 1.165) is 4.88 Å². The highest BCUT2D eigenvalue weighted by Crippen LogP contribution is 2.26. The molecule has 3 rings (SSSR count). The normalized spacial score (nSPS) is 15.0. The maximum absolute atomic E-state index is 12.3. The summed E-state index contributed by atoms with van der Waals surface area (Å²) in [5.74, 6) is -0.0670. The highest BCUT2D eigenvalue weighted by atomic mass is 35.5. The molecule has 0 atom stereocenters. The molecule has 1 fully saturated rings. The molecule has 2 amide bonds. The fourth-order valence-corrected chi connectivity index (χ4v) is 3.66. The molecule has 7 heteroatoms. The number of nitrogens with zero attached hydrogens (tertiary/aromatic N) is 2. The second kappa shape index (κ2) is 8.04. The molecule has 0 bridgehead atoms. The van der Waals surface area contributed by atoms with Gasteiger partial charge >= 0.3 is 0 Å². The van der Waals surface area contributed by atoms with E-state index in [-0.39, 0.29) is 11.8 Å². The van der Waals surface area contributed by atoms with E-state index in [9.17, 15) is 9.59 Å². The van der Waals surface area contributed by atoms with Gasteiger partial charge < -0.3 is 9.80 Å². The number of hydrogen-bond donors (Lipinski definition) is 0. The van der Waals surface area contributed by atoms with E-state index >= 15 is 0 Å². The Kier molecular flexibility index (Phi) is 5.78. The lowest BCUT2D eigenvalue weighted by Crippen LogP contribution is -2.50. The van der Waals surface area contributed by atoms with Gasteiger partial charge in [0.05, 0.1) is 14.9 Å². The van der Waals surface area contributed by atoms with Crippen LogP contribution in [0.1, 0.15) is 15.2 Å². The molecule has 0 unspecified atom stereocenters. The molecule has 2 heterocycles. The zero-order chi connectivity index (χ0) is 17.8. The van der Waals surface area contributed by atoms with Crippen molar-refractivity contribution in [1.29, 1.82) is 0 Å². The van der Waals surface area contributed by atoms with E-state index in [1.54, 1.807) is 34.1 Å². The summed E-state index contributed by atoms with van der Waals surface area (Å²) in [4.78, 5) is 28.9. The van der Waals surface area contributed by atoms with Gasteiger partial charge in [-0.05, 0) is 29.2 Å². The van der Waals surface area contributed by atoms with Gasteiger partial charge in [-0.25, -0.2) is 0 Å². The van der Waals surface area contributed by atoms with Crippen molar-refractivity contribution in [2.45, 2.75) is 0 Å². The number of halogens is 2. The Balaban J connectivity index is 1.57. The summed E-state index contributed by atoms with van der Waals surface area (Å²) in [6.45, 7) is 2.11. The lowest BCUT2D eigenvalue weighted by atomic mass is 10.2. The minimum atomic E-state index is -0.0979. The minimum Gasteiger partial charge on any atom is -0.336 e. The Morgan fingerprint density at radius 2 is 1.72 bits per heavy atom. The van der Waals surface area contributed by atoms with Gasteiger partial charge in [0.2, 0.25) is 5.91 Å². The van der Waals surface area contributed by atoms with Gasteiger partial charge in [0.1, 0.15) is 0 Å². The molecule has 4 nitrogen and oxygen atoms in total. The van der Waals surface area contributed by atoms with Crippen LogP contribution in [0, 0.1) is 0 Å². The summed E-state index contributed by atoms with van der Waals surface area (Å²) in [6.07, 6.45) is 3.16. The van der Waals surface area contributed by atoms with Crippen LogP contribution in [0.4, 0.5) is 0 Å². The molecule has 2 aromatic rings. The van der Waals surface area contributed by atoms with Gasteiger partial charge in [-0.3, -0.25) is 9.59 Å². The Morgan fingerprint density at radius 1 is 1.00 bits per heavy atom. The molecule has 0 spiro atoms. The van der Waals surface area contributed by atoms with Crippen molar-refractivity contribution in [3.63, 3.8) is 0 Å². The average Bonchev–Trinajstić information content (AvgIpc) is 3.17. The topological polar surface area (TPSA) is 40.6 Å². The average molecular weight is 395 g/mol. The van der Waals surface area contributed by atoms with E-state index in [1.807, 2.05) is 17.5 Å². The monoisotopic (exact) mass is 394 g/mol. The van der Waals surface area contributed by atoms with Gasteiger partial charge in [-0.15, -0.1) is 11.3 Å². The third-order valence-corrected chi connectivity index (χ3v) is 5.69. The molecule has 0 saturated carbocycles. The number of rotatable bonds is 3. The second-order valence-corrected chi connectivity index (χ2v) is 7.30. The van der Waals surface area contributed by atoms with Crippen LogP contribution in [0.5, 0.6) is 0 Å². The molecule has 0 radical (unpaired) electrons. The van der Waals surface area contributed by atoms with Crippen molar-refractivity contribution in [1.82, 2.24) is 9.80 Å². The molecule has 0 N–H and O–H groups in total. The van der Waals surface area contributed by atoms with Crippen molar-refractivity contribution in [2.75, 3.05) is 26.2 Å². The van der Waals surface area contributed by atoms with Crippen molar-refractivity contribution in [3.8, 4) is 0 Å². The molecular formula is C18H16Cl2N2O2S. The van der Waals surface area contributed by atoms with Crippen LogP contribution in [-0.4, -0.2) is 47.8 Å². The number of benzene rings is 1. The SMILES string of the molecule is O=C(/C=C/c1cccc(Cl)c1Cl)N1CCN(C(=O)c2cccs2)CC1. The van der Waals surface area contributed by atoms with Gasteiger partial charge in [-0.1, -0.05) is 41.4 Å². The molecule has 0 aliphatic carbocycles. The first kappa shape index (κ1) is 18.0. The molecular weight excluding hydrogens is 379 g/mol. The summed E-state index contributed by atoms with van der Waals surface area (Å²) in [5.41, 5.74) is 0.703. The molecule has 130 valence electrons. The second-order valence-electron chi connectivity index (χ2n) is 5.57. The number of hydrogen-bond acceptors (Lipinski definition) is 3. The molecule has 1 aliphatic rings. The first-order valence-corrected chi connectivity index (χ1v) is 9.43. The van der Waals surface area contributed by atoms with Crippen LogP contribution < -0.4 is 0 Å². The van der Waals surface area contributed by atoms with Gasteiger partial charge in [0.25, 0.3) is 5.91 Å². The Hall–Kier alpha value is -1.82. The van der Waals surface area contributed by atoms with Crippen molar-refractivity contribution in [2.24, 2.45) is 0 Å². The summed E-state index contributed by atoms with van der Waals surface area (Å²) >= 11 is 13.5. The van der Waals surface area contributed by atoms with Crippen LogP contribution in [0.25, 0.3) is 6.08 Å². The third-order valence-electron chi connectivity index (χ3n) is 4.00. The van der Waals surface area contributed by atoms with Crippen LogP contribution in [0.3, 0.4) is 0 Å². The number of piperazine rings is 1. The lowest BCUT2D eigenvalue weighted by molar-refractivity contribution is -0.127. The predicted octanol–water partition coefficient (Wildman–Crippen LogP) is 4.05. The first-order valence-electron chi connectivity index (χ1n) is 7.80. The van der Waals surface area contributed by atoms with E-state index in [2.05, 4.69) is 0 Å². The molecule has 1 aliphatic heterocycles. The van der Waals surface area contributed by atoms with Gasteiger partial charge in [0, 0.05) is 32.3 Å². The zero-order valence-corrected chi connectivity index (χ0v) is 15.7. The largest absolute Gasteiger partial charge is 0.336 e. The molecule has 25 heavy (non-hydrogen) atoms. The fraction of sp³-hybridized carbons (Fsp3) is 0.222. The van der Waals surface area contributed by atoms with Crippen molar-refractivity contribution < 1.29 is 9.59 Å². The van der Waals surface area contributed by atoms with E-state index in [0.29, 0.717) is 41.8 Å². The number of thiophene rings is 1. The highest BCUT2D eigenvalue weighted by Gasteiger charge is 2.24. The molecule has 1 aromatic heterocycles. The van der Waals surface area contributed by atoms with E-state index < -0.39 is 0 Å². The Labute approximate surface area is 160 Å². The quantitative estimate of drug-likeness (QED) is 0.736. The van der Waals surface area contributed by atoms with Crippen LogP contribution in [0.15, 0.2) is 41.8 Å². The highest BCUT2D eigenvalue weighted by molar-refractivity contribution is 7.12. The minimum absolute atomic E-state index is 0.0309. The van der Waals surface area contributed by atoms with Crippen LogP contribution in [-0.2, 0) is 4.79 Å². The van der Waals surface area contributed by atoms with E-state index in [4.69, 9.17) is 23.2 Å². The first-order chi connectivity index (χ1) is 12.1. The van der Waals surface area contributed by atoms with Crippen LogP contribution >= 0.6 is 34.5 Å². The summed E-state index contributed by atoms with van der Waals surface area (Å²) in [5, 5.41) is 2.77. The van der Waals surface area contributed by atoms with Gasteiger partial charge in [0.15, 0.2) is 0 Å². The zero-order valence-electron chi connectivity index (χ0n) is 13.3. The third kappa shape index (κ3) is 4.24. The maximum Gasteiger partial charge on any atom is 0.264 e. The smallest absolute Gasteiger partial charge is 0.264 e. The molecule has 1 aromatic carbocycles. The summed E-state index contributed by atoms with van der Waals surface area (Å²) < 4.78 is 0. The Bertz CT molecular complexity index is 797. The van der Waals surface area contributed by atoms with Crippen molar-refractivity contribution in [3.05, 3.63) is 62.3 Å². The van der Waals surface area contributed by atoms with Gasteiger partial charge in [-0.2, -0.15) is 0 Å². The number of carbonyl (C=O) groups is 2. The standard InChI is InChI=1S/C18H16Cl2N2O2S/c19-14-4-1-3-13(17(14)20)6-7-16(23)21-8-10-22(11-9-21)18(24)15-5-2-12-25-15/h1-7,12H,8-11H2/b7-6+. The van der Waals surface area contributed by atoms with E-state index in [1.165, 1.54) is 17.4 Å². The Morgan fingerprint density at radius 3 is 2.40 bits per heavy atom. The lowest BCUT2D eigenvalue weighted by Gasteiger charge is -2.34. The predicted molar refractivity (Wildman–Crippen MR) is 102 cm³/mol. The fourth-order valence-electron chi connectivity index (χ4n) is 2.60. The number of amides is 2. The molecule has 1 saturated heterocycles. The summed E-state index contributed by atoms with van der Waals surface area (Å²) in [7, 11) is 0. The maximum atomic E-state index is 12.3.